The van der Waals surface area contributed by atoms with Crippen LogP contribution in [0.25, 0.3) is 0 Å². The molecule has 1 amide bonds. The third-order valence-corrected chi connectivity index (χ3v) is 17.0. The maximum absolute atomic E-state index is 14.2. The number of hydrogen-bond acceptors (Lipinski definition) is 7. The molecule has 0 aromatic rings. The Balaban J connectivity index is 1.28. The number of ether oxygens (including phenoxy) is 1. The zero-order valence-electron chi connectivity index (χ0n) is 35.5. The van der Waals surface area contributed by atoms with Crippen molar-refractivity contribution in [3.05, 3.63) is 11.1 Å². The molecule has 6 aliphatic rings. The molecular formula is C45H72N2O7. The molecule has 6 rings (SSSR count). The zero-order valence-corrected chi connectivity index (χ0v) is 35.5. The van der Waals surface area contributed by atoms with E-state index in [2.05, 4.69) is 53.4 Å². The van der Waals surface area contributed by atoms with Crippen LogP contribution in [0.2, 0.25) is 0 Å². The van der Waals surface area contributed by atoms with Gasteiger partial charge in [0.05, 0.1) is 24.5 Å². The van der Waals surface area contributed by atoms with Gasteiger partial charge in [-0.1, -0.05) is 54.0 Å². The lowest BCUT2D eigenvalue weighted by Gasteiger charge is -2.72. The van der Waals surface area contributed by atoms with Gasteiger partial charge >= 0.3 is 11.9 Å². The minimum atomic E-state index is -1.17. The van der Waals surface area contributed by atoms with Gasteiger partial charge in [-0.3, -0.25) is 24.1 Å². The molecule has 0 heterocycles. The van der Waals surface area contributed by atoms with Crippen LogP contribution in [0.4, 0.5) is 0 Å². The van der Waals surface area contributed by atoms with Gasteiger partial charge in [-0.05, 0) is 129 Å². The van der Waals surface area contributed by atoms with Crippen molar-refractivity contribution in [2.75, 3.05) is 33.7 Å². The number of fused-ring (bicyclic) bond motifs is 7. The van der Waals surface area contributed by atoms with E-state index in [9.17, 15) is 29.4 Å². The summed E-state index contributed by atoms with van der Waals surface area (Å²) in [6.45, 7) is 21.1. The summed E-state index contributed by atoms with van der Waals surface area (Å²) in [6.07, 6.45) is 9.26. The minimum absolute atomic E-state index is 0.0280. The molecular weight excluding hydrogens is 681 g/mol. The Kier molecular flexibility index (Phi) is 10.7. The number of carbonyl (C=O) groups is 4. The maximum Gasteiger partial charge on any atom is 0.309 e. The third kappa shape index (κ3) is 6.61. The van der Waals surface area contributed by atoms with Crippen molar-refractivity contribution in [1.29, 1.82) is 0 Å². The predicted molar refractivity (Wildman–Crippen MR) is 209 cm³/mol. The van der Waals surface area contributed by atoms with Crippen LogP contribution in [0.15, 0.2) is 11.1 Å². The molecule has 6 aliphatic carbocycles. The van der Waals surface area contributed by atoms with Gasteiger partial charge in [-0.2, -0.15) is 0 Å². The van der Waals surface area contributed by atoms with Gasteiger partial charge in [-0.25, -0.2) is 0 Å². The number of hydrogen-bond donors (Lipinski definition) is 2. The van der Waals surface area contributed by atoms with Crippen LogP contribution in [0.1, 0.15) is 139 Å². The quantitative estimate of drug-likeness (QED) is 0.196. The number of esters is 1. The Morgan fingerprint density at radius 3 is 2.15 bits per heavy atom. The number of carbonyl (C=O) groups excluding carboxylic acids is 3. The van der Waals surface area contributed by atoms with E-state index in [0.717, 1.165) is 63.5 Å². The Morgan fingerprint density at radius 1 is 0.889 bits per heavy atom. The zero-order chi connectivity index (χ0) is 40.0. The smallest absolute Gasteiger partial charge is 0.309 e. The number of rotatable bonds is 12. The maximum atomic E-state index is 14.2. The second-order valence-electron chi connectivity index (χ2n) is 21.5. The van der Waals surface area contributed by atoms with Crippen LogP contribution in [0, 0.1) is 62.1 Å². The van der Waals surface area contributed by atoms with Crippen molar-refractivity contribution in [3.63, 3.8) is 0 Å². The summed E-state index contributed by atoms with van der Waals surface area (Å²) in [4.78, 5) is 55.8. The topological polar surface area (TPSA) is 124 Å². The summed E-state index contributed by atoms with van der Waals surface area (Å²) in [5, 5.41) is 22.1. The predicted octanol–water partition coefficient (Wildman–Crippen LogP) is 7.54. The number of likely N-dealkylation sites (N-methyl/N-ethyl adjacent to an activating group) is 1. The summed E-state index contributed by atoms with van der Waals surface area (Å²) in [5.41, 5.74) is 0.248. The standard InChI is InChI=1S/C45H72N2O7/c1-27(2)37-30(48)22-45(33(49)25-47(24-28-12-13-28)26-35(50)46(10)11)21-20-43(8)29(38(37)45)14-15-32-42(7)18-17-34(54-36(51)23-40(3,4)39(52)53)41(5,6)31(42)16-19-44(32,43)9/h27-29,31-34,49H,12-26H2,1-11H3,(H,52,53)/t29-,31+,32-,33+,34+,42+,43-,44-,45+/m1/s1. The minimum Gasteiger partial charge on any atom is -0.481 e. The molecule has 2 N–H and O–H groups in total. The lowest BCUT2D eigenvalue weighted by molar-refractivity contribution is -0.235. The largest absolute Gasteiger partial charge is 0.481 e. The first kappa shape index (κ1) is 41.4. The Labute approximate surface area is 325 Å². The lowest BCUT2D eigenvalue weighted by atomic mass is 9.33. The molecule has 0 spiro atoms. The van der Waals surface area contributed by atoms with E-state index in [1.807, 2.05) is 0 Å². The molecule has 0 bridgehead atoms. The molecule has 5 saturated carbocycles. The fraction of sp³-hybridized carbons (Fsp3) is 0.867. The number of aliphatic hydroxyl groups is 1. The summed E-state index contributed by atoms with van der Waals surface area (Å²) in [5.74, 6) is 0.541. The van der Waals surface area contributed by atoms with Gasteiger partial charge in [0.25, 0.3) is 0 Å². The van der Waals surface area contributed by atoms with E-state index >= 15 is 0 Å². The molecule has 304 valence electrons. The van der Waals surface area contributed by atoms with Crippen LogP contribution >= 0.6 is 0 Å². The second kappa shape index (κ2) is 14.0. The number of aliphatic hydroxyl groups excluding tert-OH is 1. The van der Waals surface area contributed by atoms with Crippen molar-refractivity contribution in [1.82, 2.24) is 9.80 Å². The Morgan fingerprint density at radius 2 is 1.56 bits per heavy atom. The molecule has 9 atom stereocenters. The van der Waals surface area contributed by atoms with Gasteiger partial charge < -0.3 is 19.8 Å². The number of aliphatic carboxylic acids is 1. The normalized spacial score (nSPS) is 38.0. The highest BCUT2D eigenvalue weighted by molar-refractivity contribution is 6.00. The SMILES string of the molecule is CC(C)C1=C2[C@H]3CC[C@@H]4[C@@]5(C)CC[C@H](OC(=O)CC(C)(C)C(=O)O)C(C)(C)[C@@H]5CC[C@@]4(C)[C@]3(C)CC[C@@]2([C@@H](O)CN(CC(=O)N(C)C)CC2CC2)CC1=O. The molecule has 9 nitrogen and oxygen atoms in total. The highest BCUT2D eigenvalue weighted by Crippen LogP contribution is 2.77. The summed E-state index contributed by atoms with van der Waals surface area (Å²) >= 11 is 0. The van der Waals surface area contributed by atoms with Gasteiger partial charge in [0.1, 0.15) is 6.10 Å². The van der Waals surface area contributed by atoms with Crippen molar-refractivity contribution in [2.24, 2.45) is 62.1 Å². The van der Waals surface area contributed by atoms with Crippen LogP contribution in [-0.2, 0) is 23.9 Å². The number of amides is 1. The molecule has 0 saturated heterocycles. The van der Waals surface area contributed by atoms with Gasteiger partial charge in [-0.15, -0.1) is 0 Å². The lowest BCUT2D eigenvalue weighted by Crippen LogP contribution is -2.66. The van der Waals surface area contributed by atoms with E-state index in [1.165, 1.54) is 18.4 Å². The number of nitrogens with zero attached hydrogens (tertiary/aromatic N) is 2. The van der Waals surface area contributed by atoms with E-state index in [0.29, 0.717) is 30.7 Å². The van der Waals surface area contributed by atoms with Crippen molar-refractivity contribution in [3.8, 4) is 0 Å². The Hall–Kier alpha value is -2.26. The third-order valence-electron chi connectivity index (χ3n) is 17.0. The summed E-state index contributed by atoms with van der Waals surface area (Å²) in [7, 11) is 3.58. The number of allylic oxidation sites excluding steroid dienone is 1. The molecule has 0 aromatic heterocycles. The number of carboxylic acids is 1. The number of carboxylic acid groups (broad SMARTS) is 1. The summed E-state index contributed by atoms with van der Waals surface area (Å²) in [6, 6.07) is 0. The molecule has 54 heavy (non-hydrogen) atoms. The molecule has 5 fully saturated rings. The molecule has 0 aromatic carbocycles. The van der Waals surface area contributed by atoms with Gasteiger partial charge in [0, 0.05) is 44.4 Å². The molecule has 9 heteroatoms. The number of ketones is 1. The van der Waals surface area contributed by atoms with Crippen molar-refractivity contribution >= 4 is 23.6 Å². The Bertz CT molecular complexity index is 1560. The van der Waals surface area contributed by atoms with Crippen molar-refractivity contribution in [2.45, 2.75) is 152 Å². The highest BCUT2D eigenvalue weighted by Gasteiger charge is 2.71. The average Bonchev–Trinajstić information content (AvgIpc) is 3.81. The van der Waals surface area contributed by atoms with Crippen molar-refractivity contribution < 1.29 is 34.1 Å². The average molecular weight is 753 g/mol. The van der Waals surface area contributed by atoms with Crippen LogP contribution < -0.4 is 0 Å². The van der Waals surface area contributed by atoms with E-state index in [1.54, 1.807) is 32.8 Å². The van der Waals surface area contributed by atoms with E-state index < -0.39 is 28.9 Å². The fourth-order valence-corrected chi connectivity index (χ4v) is 13.5. The monoisotopic (exact) mass is 753 g/mol. The van der Waals surface area contributed by atoms with Gasteiger partial charge in [0.15, 0.2) is 5.78 Å². The van der Waals surface area contributed by atoms with Crippen LogP contribution in [0.3, 0.4) is 0 Å². The van der Waals surface area contributed by atoms with Crippen LogP contribution in [-0.4, -0.2) is 89.6 Å². The number of Topliss-reactive ketones (excluding diaryl/α,β-unsaturated/α-hetero) is 1. The first-order chi connectivity index (χ1) is 24.9. The molecule has 0 unspecified atom stereocenters. The summed E-state index contributed by atoms with van der Waals surface area (Å²) < 4.78 is 6.17. The molecule has 0 radical (unpaired) electrons. The highest BCUT2D eigenvalue weighted by atomic mass is 16.5. The fourth-order valence-electron chi connectivity index (χ4n) is 13.5. The molecule has 0 aliphatic heterocycles. The van der Waals surface area contributed by atoms with Crippen LogP contribution in [0.5, 0.6) is 0 Å². The van der Waals surface area contributed by atoms with E-state index in [-0.39, 0.29) is 64.3 Å². The van der Waals surface area contributed by atoms with E-state index in [4.69, 9.17) is 4.74 Å². The first-order valence-corrected chi connectivity index (χ1v) is 21.3. The second-order valence-corrected chi connectivity index (χ2v) is 21.5. The van der Waals surface area contributed by atoms with Gasteiger partial charge in [0.2, 0.25) is 5.91 Å². The first-order valence-electron chi connectivity index (χ1n) is 21.3.